The van der Waals surface area contributed by atoms with Crippen LogP contribution in [0, 0.1) is 5.82 Å². The van der Waals surface area contributed by atoms with Crippen LogP contribution in [0.1, 0.15) is 50.5 Å². The lowest BCUT2D eigenvalue weighted by atomic mass is 9.76. The van der Waals surface area contributed by atoms with Gasteiger partial charge in [0, 0.05) is 19.5 Å². The van der Waals surface area contributed by atoms with Gasteiger partial charge >= 0.3 is 0 Å². The van der Waals surface area contributed by atoms with Crippen LogP contribution in [0.3, 0.4) is 0 Å². The third-order valence-electron chi connectivity index (χ3n) is 7.45. The van der Waals surface area contributed by atoms with Crippen LogP contribution in [0.5, 0.6) is 5.75 Å². The van der Waals surface area contributed by atoms with Gasteiger partial charge in [0.2, 0.25) is 5.91 Å². The quantitative estimate of drug-likeness (QED) is 0.705. The summed E-state index contributed by atoms with van der Waals surface area (Å²) in [6.07, 6.45) is 6.40. The summed E-state index contributed by atoms with van der Waals surface area (Å²) in [5, 5.41) is 0. The number of hydrogen-bond donors (Lipinski definition) is 0. The topological polar surface area (TPSA) is 38.8 Å². The minimum Gasteiger partial charge on any atom is -0.488 e. The summed E-state index contributed by atoms with van der Waals surface area (Å²) in [5.74, 6) is 0.833. The van der Waals surface area contributed by atoms with Crippen LogP contribution in [0.15, 0.2) is 54.6 Å². The van der Waals surface area contributed by atoms with E-state index in [0.29, 0.717) is 19.7 Å². The van der Waals surface area contributed by atoms with Gasteiger partial charge in [-0.1, -0.05) is 43.2 Å². The highest BCUT2D eigenvalue weighted by Gasteiger charge is 2.49. The molecule has 0 N–H and O–H groups in total. The molecule has 1 spiro atoms. The third-order valence-corrected chi connectivity index (χ3v) is 7.45. The van der Waals surface area contributed by atoms with Crippen LogP contribution >= 0.6 is 0 Å². The Morgan fingerprint density at radius 1 is 0.968 bits per heavy atom. The van der Waals surface area contributed by atoms with Crippen molar-refractivity contribution in [2.75, 3.05) is 19.7 Å². The van der Waals surface area contributed by atoms with Gasteiger partial charge in [0.15, 0.2) is 0 Å². The van der Waals surface area contributed by atoms with Crippen LogP contribution in [0.2, 0.25) is 0 Å². The molecule has 2 aromatic carbocycles. The molecular weight excluding hydrogens is 393 g/mol. The molecule has 1 amide bonds. The number of carbonyl (C=O) groups is 1. The second-order valence-corrected chi connectivity index (χ2v) is 9.34. The summed E-state index contributed by atoms with van der Waals surface area (Å²) in [7, 11) is 0. The molecular formula is C26H30FNO3. The molecule has 164 valence electrons. The van der Waals surface area contributed by atoms with Gasteiger partial charge < -0.3 is 14.4 Å². The lowest BCUT2D eigenvalue weighted by Crippen LogP contribution is -2.52. The number of piperidine rings is 1. The van der Waals surface area contributed by atoms with Crippen LogP contribution < -0.4 is 4.74 Å². The van der Waals surface area contributed by atoms with Gasteiger partial charge in [0.1, 0.15) is 17.7 Å². The van der Waals surface area contributed by atoms with Crippen molar-refractivity contribution in [2.45, 2.75) is 62.1 Å². The van der Waals surface area contributed by atoms with Crippen molar-refractivity contribution in [3.05, 3.63) is 66.0 Å². The maximum Gasteiger partial charge on any atom is 0.233 e. The molecule has 2 aromatic rings. The number of likely N-dealkylation sites (tertiary alicyclic amines) is 1. The van der Waals surface area contributed by atoms with E-state index in [1.807, 2.05) is 35.2 Å². The average Bonchev–Trinajstić information content (AvgIpc) is 3.44. The van der Waals surface area contributed by atoms with Crippen molar-refractivity contribution in [1.82, 2.24) is 4.90 Å². The molecule has 2 aliphatic heterocycles. The van der Waals surface area contributed by atoms with E-state index in [2.05, 4.69) is 0 Å². The molecule has 0 unspecified atom stereocenters. The van der Waals surface area contributed by atoms with Gasteiger partial charge in [-0.15, -0.1) is 0 Å². The number of para-hydroxylation sites is 1. The molecule has 2 heterocycles. The third kappa shape index (κ3) is 3.96. The first kappa shape index (κ1) is 20.5. The number of halogens is 1. The molecule has 0 bridgehead atoms. The zero-order valence-electron chi connectivity index (χ0n) is 17.9. The Bertz CT molecular complexity index is 900. The first-order valence-corrected chi connectivity index (χ1v) is 11.5. The average molecular weight is 424 g/mol. The fraction of sp³-hybridized carbons (Fsp3) is 0.500. The standard InChI is InChI=1S/C26H30FNO3/c27-21-10-8-20(9-11-21)26(12-4-5-13-26)24(29)28-16-14-25(15-17-28)18-23(19-30-25)31-22-6-2-1-3-7-22/h1-3,6-11,23H,4-5,12-19H2/t23-/m0/s1. The molecule has 1 atom stereocenters. The molecule has 0 aromatic heterocycles. The first-order chi connectivity index (χ1) is 15.1. The van der Waals surface area contributed by atoms with Crippen molar-refractivity contribution >= 4 is 5.91 Å². The van der Waals surface area contributed by atoms with Gasteiger partial charge in [-0.25, -0.2) is 4.39 Å². The monoisotopic (exact) mass is 423 g/mol. The van der Waals surface area contributed by atoms with E-state index >= 15 is 0 Å². The molecule has 1 saturated carbocycles. The van der Waals surface area contributed by atoms with Gasteiger partial charge in [-0.05, 0) is 55.5 Å². The molecule has 5 rings (SSSR count). The maximum absolute atomic E-state index is 13.7. The van der Waals surface area contributed by atoms with E-state index in [9.17, 15) is 9.18 Å². The van der Waals surface area contributed by atoms with Gasteiger partial charge in [-0.3, -0.25) is 4.79 Å². The molecule has 0 radical (unpaired) electrons. The zero-order chi connectivity index (χ0) is 21.3. The normalized spacial score (nSPS) is 24.4. The molecule has 3 aliphatic rings. The van der Waals surface area contributed by atoms with Crippen molar-refractivity contribution in [1.29, 1.82) is 0 Å². The number of rotatable bonds is 4. The maximum atomic E-state index is 13.7. The van der Waals surface area contributed by atoms with E-state index in [1.165, 1.54) is 12.1 Å². The Kier molecular flexibility index (Phi) is 5.47. The second-order valence-electron chi connectivity index (χ2n) is 9.34. The number of hydrogen-bond acceptors (Lipinski definition) is 3. The lowest BCUT2D eigenvalue weighted by Gasteiger charge is -2.42. The van der Waals surface area contributed by atoms with Gasteiger partial charge in [0.05, 0.1) is 17.6 Å². The predicted molar refractivity (Wildman–Crippen MR) is 117 cm³/mol. The van der Waals surface area contributed by atoms with Crippen molar-refractivity contribution in [2.24, 2.45) is 0 Å². The highest BCUT2D eigenvalue weighted by Crippen LogP contribution is 2.44. The predicted octanol–water partition coefficient (Wildman–Crippen LogP) is 4.87. The lowest BCUT2D eigenvalue weighted by molar-refractivity contribution is -0.142. The van der Waals surface area contributed by atoms with Gasteiger partial charge in [-0.2, -0.15) is 0 Å². The minimum atomic E-state index is -0.492. The molecule has 1 aliphatic carbocycles. The minimum absolute atomic E-state index is 0.0602. The van der Waals surface area contributed by atoms with Crippen molar-refractivity contribution in [3.8, 4) is 5.75 Å². The molecule has 31 heavy (non-hydrogen) atoms. The Balaban J connectivity index is 1.24. The molecule has 3 fully saturated rings. The summed E-state index contributed by atoms with van der Waals surface area (Å²) in [6, 6.07) is 16.4. The summed E-state index contributed by atoms with van der Waals surface area (Å²) in [4.78, 5) is 15.7. The Hall–Kier alpha value is -2.40. The van der Waals surface area contributed by atoms with Crippen molar-refractivity contribution in [3.63, 3.8) is 0 Å². The summed E-state index contributed by atoms with van der Waals surface area (Å²) < 4.78 is 25.8. The molecule has 4 nitrogen and oxygen atoms in total. The van der Waals surface area contributed by atoms with Crippen LogP contribution in [0.4, 0.5) is 4.39 Å². The van der Waals surface area contributed by atoms with Crippen molar-refractivity contribution < 1.29 is 18.7 Å². The van der Waals surface area contributed by atoms with E-state index < -0.39 is 5.41 Å². The van der Waals surface area contributed by atoms with E-state index in [-0.39, 0.29) is 23.4 Å². The fourth-order valence-corrected chi connectivity index (χ4v) is 5.71. The molecule has 2 saturated heterocycles. The Morgan fingerprint density at radius 2 is 1.65 bits per heavy atom. The van der Waals surface area contributed by atoms with Gasteiger partial charge in [0.25, 0.3) is 0 Å². The highest BCUT2D eigenvalue weighted by molar-refractivity contribution is 5.88. The summed E-state index contributed by atoms with van der Waals surface area (Å²) in [6.45, 7) is 2.02. The zero-order valence-corrected chi connectivity index (χ0v) is 17.9. The van der Waals surface area contributed by atoms with E-state index in [1.54, 1.807) is 12.1 Å². The van der Waals surface area contributed by atoms with E-state index in [0.717, 1.165) is 56.3 Å². The fourth-order valence-electron chi connectivity index (χ4n) is 5.71. The Morgan fingerprint density at radius 3 is 2.32 bits per heavy atom. The number of carbonyl (C=O) groups excluding carboxylic acids is 1. The summed E-state index contributed by atoms with van der Waals surface area (Å²) >= 11 is 0. The Labute approximate surface area is 183 Å². The SMILES string of the molecule is O=C(N1CCC2(CC1)C[C@H](Oc1ccccc1)CO2)C1(c2ccc(F)cc2)CCCC1. The number of amides is 1. The number of ether oxygens (including phenoxy) is 2. The summed E-state index contributed by atoms with van der Waals surface area (Å²) in [5.41, 5.74) is 0.285. The smallest absolute Gasteiger partial charge is 0.233 e. The van der Waals surface area contributed by atoms with E-state index in [4.69, 9.17) is 9.47 Å². The first-order valence-electron chi connectivity index (χ1n) is 11.5. The highest BCUT2D eigenvalue weighted by atomic mass is 19.1. The number of nitrogens with zero attached hydrogens (tertiary/aromatic N) is 1. The van der Waals surface area contributed by atoms with Crippen LogP contribution in [0.25, 0.3) is 0 Å². The number of benzene rings is 2. The van der Waals surface area contributed by atoms with Crippen LogP contribution in [-0.4, -0.2) is 42.2 Å². The largest absolute Gasteiger partial charge is 0.488 e. The molecule has 5 heteroatoms. The second kappa shape index (κ2) is 8.27. The van der Waals surface area contributed by atoms with Crippen LogP contribution in [-0.2, 0) is 14.9 Å².